The first-order valence-corrected chi connectivity index (χ1v) is 15.8. The number of aryl methyl sites for hydroxylation is 1. The molecule has 0 spiro atoms. The van der Waals surface area contributed by atoms with Crippen LogP contribution in [0.4, 0.5) is 0 Å². The first-order chi connectivity index (χ1) is 19.3. The van der Waals surface area contributed by atoms with Crippen molar-refractivity contribution in [3.8, 4) is 11.5 Å². The van der Waals surface area contributed by atoms with Gasteiger partial charge in [0.2, 0.25) is 0 Å². The second-order valence-electron chi connectivity index (χ2n) is 9.65. The molecule has 39 heavy (non-hydrogen) atoms. The lowest BCUT2D eigenvalue weighted by molar-refractivity contribution is 0.266. The quantitative estimate of drug-likeness (QED) is 0.116. The Labute approximate surface area is 233 Å². The first-order valence-electron chi connectivity index (χ1n) is 13.8. The van der Waals surface area contributed by atoms with Gasteiger partial charge >= 0.3 is 0 Å². The minimum Gasteiger partial charge on any atom is -0.494 e. The molecule has 0 aliphatic carbocycles. The molecule has 196 valence electrons. The van der Waals surface area contributed by atoms with E-state index in [1.807, 2.05) is 30.3 Å². The van der Waals surface area contributed by atoms with E-state index in [9.17, 15) is 0 Å². The van der Waals surface area contributed by atoms with Crippen LogP contribution in [0.5, 0.6) is 11.5 Å². The van der Waals surface area contributed by atoms with Crippen molar-refractivity contribution in [1.82, 2.24) is 0 Å². The fourth-order valence-electron chi connectivity index (χ4n) is 5.07. The highest BCUT2D eigenvalue weighted by atomic mass is 31.2. The summed E-state index contributed by atoms with van der Waals surface area (Å²) in [6.07, 6.45) is 3.97. The smallest absolute Gasteiger partial charge is 0.119 e. The van der Waals surface area contributed by atoms with Crippen molar-refractivity contribution >= 4 is 23.2 Å². The third kappa shape index (κ3) is 6.96. The van der Waals surface area contributed by atoms with Crippen LogP contribution >= 0.6 is 7.26 Å². The standard InChI is InChI=1S/C36H36O2P/c1-5-17-32(18-6-1)37-27-13-14-28-38-33-19-15-16-31(30-33)26-29-39(34-20-7-2-8-21-34,35-22-9-3-10-23-35)36-24-11-4-12-25-36/h1-12,15-25,30H,13-14,26-29H2/q+1. The zero-order valence-electron chi connectivity index (χ0n) is 22.4. The third-order valence-electron chi connectivity index (χ3n) is 7.04. The van der Waals surface area contributed by atoms with E-state index in [4.69, 9.17) is 9.47 Å². The highest BCUT2D eigenvalue weighted by molar-refractivity contribution is 7.95. The van der Waals surface area contributed by atoms with Crippen LogP contribution in [0, 0.1) is 0 Å². The van der Waals surface area contributed by atoms with Gasteiger partial charge in [-0.05, 0) is 79.1 Å². The molecule has 0 aliphatic rings. The van der Waals surface area contributed by atoms with Crippen LogP contribution in [-0.2, 0) is 6.42 Å². The summed E-state index contributed by atoms with van der Waals surface area (Å²) in [6, 6.07) is 51.9. The average molecular weight is 532 g/mol. The van der Waals surface area contributed by atoms with Crippen molar-refractivity contribution in [2.24, 2.45) is 0 Å². The minimum atomic E-state index is -1.85. The van der Waals surface area contributed by atoms with Crippen molar-refractivity contribution < 1.29 is 9.47 Å². The molecule has 0 saturated carbocycles. The molecule has 0 aromatic heterocycles. The van der Waals surface area contributed by atoms with Gasteiger partial charge in [0.15, 0.2) is 0 Å². The van der Waals surface area contributed by atoms with E-state index >= 15 is 0 Å². The van der Waals surface area contributed by atoms with Gasteiger partial charge in [0.1, 0.15) is 34.7 Å². The van der Waals surface area contributed by atoms with Gasteiger partial charge in [-0.25, -0.2) is 0 Å². The minimum absolute atomic E-state index is 0.691. The Hall–Kier alpha value is -3.87. The van der Waals surface area contributed by atoms with Gasteiger partial charge in [0, 0.05) is 6.42 Å². The lowest BCUT2D eigenvalue weighted by Gasteiger charge is -2.27. The maximum absolute atomic E-state index is 6.14. The Bertz CT molecular complexity index is 1290. The zero-order valence-corrected chi connectivity index (χ0v) is 23.3. The number of hydrogen-bond donors (Lipinski definition) is 0. The molecule has 0 bridgehead atoms. The Balaban J connectivity index is 1.28. The van der Waals surface area contributed by atoms with Gasteiger partial charge < -0.3 is 9.47 Å². The van der Waals surface area contributed by atoms with Crippen LogP contribution < -0.4 is 25.4 Å². The molecule has 0 amide bonds. The van der Waals surface area contributed by atoms with Crippen LogP contribution in [-0.4, -0.2) is 19.4 Å². The summed E-state index contributed by atoms with van der Waals surface area (Å²) in [5.41, 5.74) is 1.31. The van der Waals surface area contributed by atoms with E-state index in [0.717, 1.165) is 36.9 Å². The van der Waals surface area contributed by atoms with Crippen LogP contribution in [0.15, 0.2) is 146 Å². The first kappa shape index (κ1) is 26.7. The topological polar surface area (TPSA) is 18.5 Å². The van der Waals surface area contributed by atoms with Crippen molar-refractivity contribution in [1.29, 1.82) is 0 Å². The number of rotatable bonds is 13. The number of ether oxygens (including phenoxy) is 2. The van der Waals surface area contributed by atoms with E-state index in [0.29, 0.717) is 13.2 Å². The van der Waals surface area contributed by atoms with E-state index in [1.54, 1.807) is 0 Å². The molecule has 3 heteroatoms. The fraction of sp³-hybridized carbons (Fsp3) is 0.167. The molecule has 0 heterocycles. The van der Waals surface area contributed by atoms with E-state index < -0.39 is 7.26 Å². The van der Waals surface area contributed by atoms with Gasteiger partial charge in [0.05, 0.1) is 19.4 Å². The number of unbranched alkanes of at least 4 members (excludes halogenated alkanes) is 1. The Kier molecular flexibility index (Phi) is 9.45. The lowest BCUT2D eigenvalue weighted by atomic mass is 10.2. The summed E-state index contributed by atoms with van der Waals surface area (Å²) >= 11 is 0. The van der Waals surface area contributed by atoms with Crippen molar-refractivity contribution in [3.63, 3.8) is 0 Å². The van der Waals surface area contributed by atoms with Crippen LogP contribution in [0.25, 0.3) is 0 Å². The molecule has 0 atom stereocenters. The number of benzene rings is 5. The molecule has 5 aromatic rings. The fourth-order valence-corrected chi connectivity index (χ4v) is 9.38. The molecule has 0 N–H and O–H groups in total. The summed E-state index contributed by atoms with van der Waals surface area (Å²) in [4.78, 5) is 0. The molecular weight excluding hydrogens is 495 g/mol. The van der Waals surface area contributed by atoms with E-state index in [2.05, 4.69) is 115 Å². The average Bonchev–Trinajstić information content (AvgIpc) is 3.02. The molecule has 0 aliphatic heterocycles. The number of para-hydroxylation sites is 1. The summed E-state index contributed by atoms with van der Waals surface area (Å²) in [6.45, 7) is 1.40. The normalized spacial score (nSPS) is 11.2. The van der Waals surface area contributed by atoms with Gasteiger partial charge in [-0.1, -0.05) is 84.9 Å². The Morgan fingerprint density at radius 3 is 1.38 bits per heavy atom. The highest BCUT2D eigenvalue weighted by Crippen LogP contribution is 2.55. The second kappa shape index (κ2) is 13.8. The van der Waals surface area contributed by atoms with Crippen molar-refractivity contribution in [2.45, 2.75) is 19.3 Å². The predicted molar refractivity (Wildman–Crippen MR) is 167 cm³/mol. The van der Waals surface area contributed by atoms with Crippen molar-refractivity contribution in [3.05, 3.63) is 151 Å². The van der Waals surface area contributed by atoms with Gasteiger partial charge in [-0.3, -0.25) is 0 Å². The molecule has 0 fully saturated rings. The van der Waals surface area contributed by atoms with Gasteiger partial charge in [0.25, 0.3) is 0 Å². The monoisotopic (exact) mass is 531 g/mol. The third-order valence-corrected chi connectivity index (χ3v) is 11.5. The SMILES string of the molecule is c1ccc(OCCCCOc2cccc(CC[P+](c3ccccc3)(c3ccccc3)c3ccccc3)c2)cc1. The lowest BCUT2D eigenvalue weighted by Crippen LogP contribution is -2.34. The summed E-state index contributed by atoms with van der Waals surface area (Å²) in [5.74, 6) is 1.87. The van der Waals surface area contributed by atoms with Gasteiger partial charge in [-0.2, -0.15) is 0 Å². The molecule has 2 nitrogen and oxygen atoms in total. The Morgan fingerprint density at radius 1 is 0.436 bits per heavy atom. The second-order valence-corrected chi connectivity index (χ2v) is 13.3. The van der Waals surface area contributed by atoms with E-state index in [1.165, 1.54) is 21.5 Å². The summed E-state index contributed by atoms with van der Waals surface area (Å²) in [5, 5.41) is 4.27. The number of hydrogen-bond acceptors (Lipinski definition) is 2. The van der Waals surface area contributed by atoms with Crippen LogP contribution in [0.3, 0.4) is 0 Å². The van der Waals surface area contributed by atoms with Crippen molar-refractivity contribution in [2.75, 3.05) is 19.4 Å². The van der Waals surface area contributed by atoms with Gasteiger partial charge in [-0.15, -0.1) is 0 Å². The maximum atomic E-state index is 6.14. The molecule has 5 rings (SSSR count). The summed E-state index contributed by atoms with van der Waals surface area (Å²) < 4.78 is 11.9. The van der Waals surface area contributed by atoms with E-state index in [-0.39, 0.29) is 0 Å². The molecule has 0 radical (unpaired) electrons. The molecule has 0 saturated heterocycles. The molecule has 0 unspecified atom stereocenters. The Morgan fingerprint density at radius 2 is 0.872 bits per heavy atom. The van der Waals surface area contributed by atoms with Crippen LogP contribution in [0.1, 0.15) is 18.4 Å². The van der Waals surface area contributed by atoms with Crippen LogP contribution in [0.2, 0.25) is 0 Å². The summed E-state index contributed by atoms with van der Waals surface area (Å²) in [7, 11) is -1.85. The highest BCUT2D eigenvalue weighted by Gasteiger charge is 2.44. The predicted octanol–water partition coefficient (Wildman–Crippen LogP) is 7.46. The molecule has 5 aromatic carbocycles. The zero-order chi connectivity index (χ0) is 26.6. The largest absolute Gasteiger partial charge is 0.494 e. The maximum Gasteiger partial charge on any atom is 0.119 e. The molecular formula is C36H36O2P+.